The number of carboxylic acid groups (broad SMARTS) is 1. The van der Waals surface area contributed by atoms with Gasteiger partial charge in [0.15, 0.2) is 0 Å². The Balaban J connectivity index is 1.27. The third-order valence-electron chi connectivity index (χ3n) is 7.58. The average Bonchev–Trinajstić information content (AvgIpc) is 3.29. The summed E-state index contributed by atoms with van der Waals surface area (Å²) in [5.74, 6) is -0.623. The van der Waals surface area contributed by atoms with Gasteiger partial charge in [0, 0.05) is 23.5 Å². The molecule has 1 unspecified atom stereocenters. The number of hydrogen-bond acceptors (Lipinski definition) is 6. The number of carbonyl (C=O) groups excluding carboxylic acids is 1. The Morgan fingerprint density at radius 1 is 0.800 bits per heavy atom. The van der Waals surface area contributed by atoms with Crippen molar-refractivity contribution in [2.24, 2.45) is 0 Å². The largest absolute Gasteiger partial charge is 0.491 e. The normalized spacial score (nSPS) is 14.8. The quantitative estimate of drug-likeness (QED) is 0.143. The lowest BCUT2D eigenvalue weighted by molar-refractivity contribution is -0.144. The van der Waals surface area contributed by atoms with E-state index in [0.717, 1.165) is 22.3 Å². The van der Waals surface area contributed by atoms with Gasteiger partial charge >= 0.3 is 11.9 Å². The molecule has 0 saturated carbocycles. The highest BCUT2D eigenvalue weighted by atomic mass is 16.5. The Morgan fingerprint density at radius 3 is 2.15 bits per heavy atom. The molecule has 7 nitrogen and oxygen atoms in total. The molecule has 0 saturated heterocycles. The highest BCUT2D eigenvalue weighted by molar-refractivity contribution is 5.89. The molecule has 0 spiro atoms. The van der Waals surface area contributed by atoms with E-state index in [9.17, 15) is 9.59 Å². The van der Waals surface area contributed by atoms with Crippen LogP contribution in [0.3, 0.4) is 0 Å². The molecule has 0 aromatic heterocycles. The third-order valence-corrected chi connectivity index (χ3v) is 7.58. The van der Waals surface area contributed by atoms with E-state index in [1.807, 2.05) is 48.5 Å². The lowest BCUT2D eigenvalue weighted by atomic mass is 9.86. The number of esters is 1. The molecule has 0 fully saturated rings. The molecule has 1 aliphatic heterocycles. The van der Waals surface area contributed by atoms with Crippen LogP contribution in [0.25, 0.3) is 11.1 Å². The van der Waals surface area contributed by atoms with Crippen molar-refractivity contribution in [3.8, 4) is 28.4 Å². The predicted octanol–water partition coefficient (Wildman–Crippen LogP) is 6.50. The fraction of sp³-hybridized carbons (Fsp3) is 0.212. The summed E-state index contributed by atoms with van der Waals surface area (Å²) in [6, 6.07) is 27.3. The topological polar surface area (TPSA) is 108 Å². The smallest absolute Gasteiger partial charge is 0.318 e. The molecule has 202 valence electrons. The van der Waals surface area contributed by atoms with Crippen LogP contribution >= 0.6 is 0 Å². The Hall–Kier alpha value is -4.78. The van der Waals surface area contributed by atoms with E-state index in [0.29, 0.717) is 53.5 Å². The summed E-state index contributed by atoms with van der Waals surface area (Å²) in [7, 11) is 0. The lowest BCUT2D eigenvalue weighted by Crippen LogP contribution is -2.24. The molecule has 2 aliphatic rings. The lowest BCUT2D eigenvalue weighted by Gasteiger charge is -2.29. The van der Waals surface area contributed by atoms with E-state index in [2.05, 4.69) is 24.3 Å². The highest BCUT2D eigenvalue weighted by Gasteiger charge is 2.38. The van der Waals surface area contributed by atoms with Crippen molar-refractivity contribution in [2.45, 2.75) is 31.1 Å². The van der Waals surface area contributed by atoms with Crippen molar-refractivity contribution in [1.82, 2.24) is 0 Å². The molecule has 7 heteroatoms. The Kier molecular flexibility index (Phi) is 6.86. The fourth-order valence-corrected chi connectivity index (χ4v) is 5.69. The van der Waals surface area contributed by atoms with Crippen molar-refractivity contribution < 1.29 is 28.9 Å². The minimum Gasteiger partial charge on any atom is -0.491 e. The molecule has 4 aromatic rings. The second-order valence-electron chi connectivity index (χ2n) is 10.0. The standard InChI is InChI=1S/C33H29NO6/c34-32-28(38-18-8-7-15-29(35)36)17-16-27-31(32)30(24-13-5-6-14-26(24)40-27)33(37)39-19-25-22-11-3-1-9-20(22)21-10-2-4-12-23(21)25/h1-6,9-14,16-17,25,30H,7-8,15,18-19,34H2,(H,35,36). The fourth-order valence-electron chi connectivity index (χ4n) is 5.69. The summed E-state index contributed by atoms with van der Waals surface area (Å²) in [5.41, 5.74) is 12.7. The molecular formula is C33H29NO6. The maximum absolute atomic E-state index is 13.9. The first-order chi connectivity index (χ1) is 19.5. The Bertz CT molecular complexity index is 1550. The number of carbonyl (C=O) groups is 2. The number of unbranched alkanes of at least 4 members (excludes halogenated alkanes) is 1. The number of anilines is 1. The van der Waals surface area contributed by atoms with Gasteiger partial charge in [0.25, 0.3) is 0 Å². The maximum atomic E-state index is 13.9. The van der Waals surface area contributed by atoms with E-state index in [1.165, 1.54) is 0 Å². The van der Waals surface area contributed by atoms with Gasteiger partial charge in [0.05, 0.1) is 12.3 Å². The average molecular weight is 536 g/mol. The predicted molar refractivity (Wildman–Crippen MR) is 151 cm³/mol. The number of aliphatic carboxylic acids is 1. The van der Waals surface area contributed by atoms with Gasteiger partial charge in [-0.25, -0.2) is 0 Å². The summed E-state index contributed by atoms with van der Waals surface area (Å²) in [6.45, 7) is 0.505. The van der Waals surface area contributed by atoms with Crippen LogP contribution in [0.1, 0.15) is 53.4 Å². The summed E-state index contributed by atoms with van der Waals surface area (Å²) in [5, 5.41) is 8.86. The van der Waals surface area contributed by atoms with Gasteiger partial charge in [-0.2, -0.15) is 0 Å². The third kappa shape index (κ3) is 4.64. The van der Waals surface area contributed by atoms with Gasteiger partial charge < -0.3 is 25.1 Å². The number of benzene rings is 4. The van der Waals surface area contributed by atoms with Crippen LogP contribution in [-0.2, 0) is 14.3 Å². The van der Waals surface area contributed by atoms with E-state index < -0.39 is 17.9 Å². The number of rotatable bonds is 9. The molecule has 3 N–H and O–H groups in total. The first kappa shape index (κ1) is 25.5. The van der Waals surface area contributed by atoms with E-state index in [-0.39, 0.29) is 18.9 Å². The molecule has 0 amide bonds. The first-order valence-corrected chi connectivity index (χ1v) is 13.4. The van der Waals surface area contributed by atoms with Gasteiger partial charge in [0.1, 0.15) is 29.8 Å². The number of nitrogens with two attached hydrogens (primary N) is 1. The maximum Gasteiger partial charge on any atom is 0.318 e. The first-order valence-electron chi connectivity index (χ1n) is 13.4. The Morgan fingerprint density at radius 2 is 1.45 bits per heavy atom. The Labute approximate surface area is 232 Å². The van der Waals surface area contributed by atoms with Crippen LogP contribution in [0.15, 0.2) is 84.9 Å². The van der Waals surface area contributed by atoms with E-state index in [4.69, 9.17) is 25.1 Å². The summed E-state index contributed by atoms with van der Waals surface area (Å²) in [4.78, 5) is 24.7. The zero-order chi connectivity index (χ0) is 27.6. The van der Waals surface area contributed by atoms with Crippen LogP contribution in [0, 0.1) is 0 Å². The summed E-state index contributed by atoms with van der Waals surface area (Å²) >= 11 is 0. The van der Waals surface area contributed by atoms with Crippen LogP contribution in [-0.4, -0.2) is 30.3 Å². The molecule has 4 aromatic carbocycles. The minimum absolute atomic E-state index is 0.0660. The molecule has 1 aliphatic carbocycles. The minimum atomic E-state index is -0.838. The molecule has 1 heterocycles. The van der Waals surface area contributed by atoms with E-state index >= 15 is 0 Å². The molecule has 1 atom stereocenters. The molecule has 0 radical (unpaired) electrons. The van der Waals surface area contributed by atoms with Crippen molar-refractivity contribution in [3.63, 3.8) is 0 Å². The molecular weight excluding hydrogens is 506 g/mol. The van der Waals surface area contributed by atoms with Crippen LogP contribution < -0.4 is 15.2 Å². The molecule has 0 bridgehead atoms. The zero-order valence-electron chi connectivity index (χ0n) is 21.8. The monoisotopic (exact) mass is 535 g/mol. The van der Waals surface area contributed by atoms with Crippen LogP contribution in [0.5, 0.6) is 17.2 Å². The number of ether oxygens (including phenoxy) is 3. The van der Waals surface area contributed by atoms with Crippen LogP contribution in [0.2, 0.25) is 0 Å². The summed E-state index contributed by atoms with van der Waals surface area (Å²) < 4.78 is 18.1. The highest BCUT2D eigenvalue weighted by Crippen LogP contribution is 2.50. The van der Waals surface area contributed by atoms with Gasteiger partial charge in [-0.3, -0.25) is 9.59 Å². The second kappa shape index (κ2) is 10.8. The molecule has 6 rings (SSSR count). The van der Waals surface area contributed by atoms with Gasteiger partial charge in [-0.05, 0) is 53.3 Å². The number of nitrogen functional groups attached to an aromatic ring is 1. The molecule has 40 heavy (non-hydrogen) atoms. The number of hydrogen-bond donors (Lipinski definition) is 2. The summed E-state index contributed by atoms with van der Waals surface area (Å²) in [6.07, 6.45) is 1.15. The zero-order valence-corrected chi connectivity index (χ0v) is 21.8. The number of carboxylic acids is 1. The van der Waals surface area contributed by atoms with Crippen molar-refractivity contribution in [1.29, 1.82) is 0 Å². The number of para-hydroxylation sites is 1. The van der Waals surface area contributed by atoms with Crippen molar-refractivity contribution in [2.75, 3.05) is 18.9 Å². The SMILES string of the molecule is Nc1c(OCCCCC(=O)O)ccc2c1C(C(=O)OCC1c3ccccc3-c3ccccc31)c1ccccc1O2. The van der Waals surface area contributed by atoms with Crippen molar-refractivity contribution >= 4 is 17.6 Å². The number of fused-ring (bicyclic) bond motifs is 5. The van der Waals surface area contributed by atoms with Gasteiger partial charge in [-0.1, -0.05) is 66.7 Å². The van der Waals surface area contributed by atoms with E-state index in [1.54, 1.807) is 12.1 Å². The van der Waals surface area contributed by atoms with Crippen molar-refractivity contribution in [3.05, 3.63) is 107 Å². The van der Waals surface area contributed by atoms with Crippen LogP contribution in [0.4, 0.5) is 5.69 Å². The second-order valence-corrected chi connectivity index (χ2v) is 10.0. The van der Waals surface area contributed by atoms with Gasteiger partial charge in [-0.15, -0.1) is 0 Å². The van der Waals surface area contributed by atoms with Gasteiger partial charge in [0.2, 0.25) is 0 Å².